The minimum absolute atomic E-state index is 0.0764. The van der Waals surface area contributed by atoms with Crippen LogP contribution in [0.5, 0.6) is 0 Å². The molecule has 9 heteroatoms. The quantitative estimate of drug-likeness (QED) is 0.545. The molecule has 1 aromatic carbocycles. The van der Waals surface area contributed by atoms with E-state index in [0.29, 0.717) is 45.0 Å². The van der Waals surface area contributed by atoms with Crippen LogP contribution in [0.25, 0.3) is 6.08 Å². The lowest BCUT2D eigenvalue weighted by atomic mass is 9.96. The number of nitrogens with zero attached hydrogens (tertiary/aromatic N) is 2. The van der Waals surface area contributed by atoms with Crippen molar-refractivity contribution in [3.05, 3.63) is 35.9 Å². The summed E-state index contributed by atoms with van der Waals surface area (Å²) in [6, 6.07) is 5.83. The Bertz CT molecular complexity index is 746. The molecule has 0 spiro atoms. The van der Waals surface area contributed by atoms with Gasteiger partial charge in [-0.05, 0) is 48.4 Å². The number of piperidine rings is 1. The van der Waals surface area contributed by atoms with E-state index in [1.165, 1.54) is 18.2 Å². The highest BCUT2D eigenvalue weighted by molar-refractivity contribution is 8.00. The molecule has 0 bridgehead atoms. The Kier molecular flexibility index (Phi) is 7.23. The number of hydrogen-bond donors (Lipinski definition) is 0. The second kappa shape index (κ2) is 9.67. The summed E-state index contributed by atoms with van der Waals surface area (Å²) >= 11 is -0.172. The molecule has 2 amide bonds. The van der Waals surface area contributed by atoms with Crippen LogP contribution in [0.4, 0.5) is 13.2 Å². The van der Waals surface area contributed by atoms with Gasteiger partial charge in [0.1, 0.15) is 0 Å². The summed E-state index contributed by atoms with van der Waals surface area (Å²) in [6.07, 6.45) is 4.52. The van der Waals surface area contributed by atoms with Crippen LogP contribution in [-0.2, 0) is 14.3 Å². The highest BCUT2D eigenvalue weighted by Gasteiger charge is 2.31. The van der Waals surface area contributed by atoms with E-state index in [4.69, 9.17) is 4.74 Å². The molecule has 2 aliphatic heterocycles. The number of ether oxygens (including phenoxy) is 1. The van der Waals surface area contributed by atoms with E-state index in [1.807, 2.05) is 0 Å². The van der Waals surface area contributed by atoms with Crippen molar-refractivity contribution < 1.29 is 27.5 Å². The lowest BCUT2D eigenvalue weighted by molar-refractivity contribution is -0.143. The SMILES string of the molecule is O=C(/C=C/c1ccc(SC(F)(F)F)cc1)N1CCCC(C(=O)N2CCOCC2)C1. The lowest BCUT2D eigenvalue weighted by Crippen LogP contribution is -2.49. The highest BCUT2D eigenvalue weighted by atomic mass is 32.2. The van der Waals surface area contributed by atoms with Crippen LogP contribution in [-0.4, -0.2) is 66.5 Å². The Morgan fingerprint density at radius 1 is 1.07 bits per heavy atom. The zero-order chi connectivity index (χ0) is 20.9. The molecule has 158 valence electrons. The number of morpholine rings is 1. The van der Waals surface area contributed by atoms with E-state index in [-0.39, 0.29) is 34.4 Å². The predicted octanol–water partition coefficient (Wildman–Crippen LogP) is 3.41. The third kappa shape index (κ3) is 6.50. The fourth-order valence-electron chi connectivity index (χ4n) is 3.47. The fourth-order valence-corrected chi connectivity index (χ4v) is 4.01. The van der Waals surface area contributed by atoms with E-state index in [2.05, 4.69) is 0 Å². The van der Waals surface area contributed by atoms with Gasteiger partial charge in [-0.1, -0.05) is 12.1 Å². The molecule has 0 aromatic heterocycles. The van der Waals surface area contributed by atoms with Crippen molar-refractivity contribution in [1.82, 2.24) is 9.80 Å². The fraction of sp³-hybridized carbons (Fsp3) is 0.500. The van der Waals surface area contributed by atoms with Crippen molar-refractivity contribution in [2.45, 2.75) is 23.2 Å². The highest BCUT2D eigenvalue weighted by Crippen LogP contribution is 2.36. The van der Waals surface area contributed by atoms with E-state index in [0.717, 1.165) is 12.8 Å². The summed E-state index contributed by atoms with van der Waals surface area (Å²) in [7, 11) is 0. The van der Waals surface area contributed by atoms with Gasteiger partial charge in [0.05, 0.1) is 19.1 Å². The maximum Gasteiger partial charge on any atom is 0.446 e. The molecule has 2 aliphatic rings. The van der Waals surface area contributed by atoms with Gasteiger partial charge in [-0.25, -0.2) is 0 Å². The maximum atomic E-state index is 12.7. The second-order valence-electron chi connectivity index (χ2n) is 7.01. The molecule has 3 rings (SSSR count). The Balaban J connectivity index is 1.55. The number of hydrogen-bond acceptors (Lipinski definition) is 4. The van der Waals surface area contributed by atoms with Gasteiger partial charge in [0, 0.05) is 37.2 Å². The topological polar surface area (TPSA) is 49.9 Å². The number of carbonyl (C=O) groups is 2. The van der Waals surface area contributed by atoms with Crippen LogP contribution in [0.2, 0.25) is 0 Å². The second-order valence-corrected chi connectivity index (χ2v) is 8.15. The number of carbonyl (C=O) groups excluding carboxylic acids is 2. The summed E-state index contributed by atoms with van der Waals surface area (Å²) in [6.45, 7) is 3.25. The van der Waals surface area contributed by atoms with Gasteiger partial charge in [0.15, 0.2) is 0 Å². The molecule has 1 aromatic rings. The Morgan fingerprint density at radius 2 is 1.76 bits per heavy atom. The van der Waals surface area contributed by atoms with E-state index >= 15 is 0 Å². The Labute approximate surface area is 171 Å². The van der Waals surface area contributed by atoms with Gasteiger partial charge in [0.2, 0.25) is 11.8 Å². The Hall–Kier alpha value is -2.00. The van der Waals surface area contributed by atoms with E-state index < -0.39 is 5.51 Å². The van der Waals surface area contributed by atoms with Gasteiger partial charge in [-0.2, -0.15) is 13.2 Å². The summed E-state index contributed by atoms with van der Waals surface area (Å²) in [5.41, 5.74) is -3.68. The zero-order valence-electron chi connectivity index (χ0n) is 15.9. The first-order valence-electron chi connectivity index (χ1n) is 9.51. The van der Waals surface area contributed by atoms with Crippen molar-refractivity contribution in [2.24, 2.45) is 5.92 Å². The van der Waals surface area contributed by atoms with Crippen molar-refractivity contribution in [2.75, 3.05) is 39.4 Å². The summed E-state index contributed by atoms with van der Waals surface area (Å²) in [5, 5.41) is 0. The number of benzene rings is 1. The van der Waals surface area contributed by atoms with Gasteiger partial charge < -0.3 is 14.5 Å². The van der Waals surface area contributed by atoms with Crippen molar-refractivity contribution in [3.63, 3.8) is 0 Å². The molecule has 1 unspecified atom stereocenters. The molecule has 0 radical (unpaired) electrons. The van der Waals surface area contributed by atoms with Gasteiger partial charge >= 0.3 is 5.51 Å². The Morgan fingerprint density at radius 3 is 2.41 bits per heavy atom. The first kappa shape index (κ1) is 21.7. The first-order valence-corrected chi connectivity index (χ1v) is 10.3. The molecular weight excluding hydrogens is 405 g/mol. The molecule has 5 nitrogen and oxygen atoms in total. The van der Waals surface area contributed by atoms with Crippen molar-refractivity contribution in [1.29, 1.82) is 0 Å². The molecule has 0 saturated carbocycles. The summed E-state index contributed by atoms with van der Waals surface area (Å²) in [4.78, 5) is 28.7. The normalized spacial score (nSPS) is 20.9. The average molecular weight is 428 g/mol. The third-order valence-corrected chi connectivity index (χ3v) is 5.68. The van der Waals surface area contributed by atoms with Gasteiger partial charge in [-0.3, -0.25) is 9.59 Å². The number of amides is 2. The summed E-state index contributed by atoms with van der Waals surface area (Å²) < 4.78 is 42.4. The lowest BCUT2D eigenvalue weighted by Gasteiger charge is -2.35. The monoisotopic (exact) mass is 428 g/mol. The van der Waals surface area contributed by atoms with Gasteiger partial charge in [0.25, 0.3) is 0 Å². The zero-order valence-corrected chi connectivity index (χ0v) is 16.7. The molecule has 2 heterocycles. The molecule has 1 atom stereocenters. The standard InChI is InChI=1S/C20H23F3N2O3S/c21-20(22,23)29-17-6-3-15(4-7-17)5-8-18(26)25-9-1-2-16(14-25)19(27)24-10-12-28-13-11-24/h3-8,16H,1-2,9-14H2/b8-5+. The summed E-state index contributed by atoms with van der Waals surface area (Å²) in [5.74, 6) is -0.316. The van der Waals surface area contributed by atoms with Crippen LogP contribution in [0.1, 0.15) is 18.4 Å². The van der Waals surface area contributed by atoms with Crippen LogP contribution in [0, 0.1) is 5.92 Å². The molecular formula is C20H23F3N2O3S. The molecule has 0 aliphatic carbocycles. The third-order valence-electron chi connectivity index (χ3n) is 4.94. The number of rotatable bonds is 4. The minimum Gasteiger partial charge on any atom is -0.378 e. The molecule has 0 N–H and O–H groups in total. The van der Waals surface area contributed by atoms with Crippen LogP contribution in [0.3, 0.4) is 0 Å². The average Bonchev–Trinajstić information content (AvgIpc) is 2.72. The molecule has 2 fully saturated rings. The number of alkyl halides is 3. The van der Waals surface area contributed by atoms with E-state index in [9.17, 15) is 22.8 Å². The maximum absolute atomic E-state index is 12.7. The van der Waals surface area contributed by atoms with Crippen molar-refractivity contribution in [3.8, 4) is 0 Å². The number of thioether (sulfide) groups is 1. The van der Waals surface area contributed by atoms with Crippen LogP contribution >= 0.6 is 11.8 Å². The number of halogens is 3. The van der Waals surface area contributed by atoms with Crippen molar-refractivity contribution >= 4 is 29.7 Å². The molecule has 29 heavy (non-hydrogen) atoms. The predicted molar refractivity (Wildman–Crippen MR) is 104 cm³/mol. The first-order chi connectivity index (χ1) is 13.8. The smallest absolute Gasteiger partial charge is 0.378 e. The number of likely N-dealkylation sites (tertiary alicyclic amines) is 1. The minimum atomic E-state index is -4.32. The van der Waals surface area contributed by atoms with E-state index in [1.54, 1.807) is 28.0 Å². The molecule has 2 saturated heterocycles. The van der Waals surface area contributed by atoms with Crippen LogP contribution in [0.15, 0.2) is 35.2 Å². The van der Waals surface area contributed by atoms with Crippen LogP contribution < -0.4 is 0 Å². The largest absolute Gasteiger partial charge is 0.446 e. The van der Waals surface area contributed by atoms with Gasteiger partial charge in [-0.15, -0.1) is 0 Å².